The number of aromatic nitrogens is 5. The summed E-state index contributed by atoms with van der Waals surface area (Å²) in [6, 6.07) is 8.83. The molecule has 0 aliphatic carbocycles. The van der Waals surface area contributed by atoms with Gasteiger partial charge in [-0.05, 0) is 31.0 Å². The van der Waals surface area contributed by atoms with Crippen molar-refractivity contribution >= 4 is 18.3 Å². The topological polar surface area (TPSA) is 98.0 Å². The number of anilines is 1. The molecule has 8 nitrogen and oxygen atoms in total. The Balaban J connectivity index is 1.75. The molecule has 0 aliphatic heterocycles. The van der Waals surface area contributed by atoms with Crippen LogP contribution in [0.1, 0.15) is 16.2 Å². The van der Waals surface area contributed by atoms with Crippen molar-refractivity contribution in [1.29, 1.82) is 0 Å². The highest BCUT2D eigenvalue weighted by Crippen LogP contribution is 2.16. The number of hydrogen-bond acceptors (Lipinski definition) is 6. The molecule has 0 saturated heterocycles. The smallest absolute Gasteiger partial charge is 0.276 e. The van der Waals surface area contributed by atoms with Crippen LogP contribution in [-0.2, 0) is 13.6 Å². The van der Waals surface area contributed by atoms with Crippen molar-refractivity contribution in [2.24, 2.45) is 12.0 Å². The molecule has 2 heterocycles. The third-order valence-electron chi connectivity index (χ3n) is 3.48. The summed E-state index contributed by atoms with van der Waals surface area (Å²) in [5.74, 6) is 1.04. The van der Waals surface area contributed by atoms with E-state index in [4.69, 9.17) is 0 Å². The van der Waals surface area contributed by atoms with Crippen LogP contribution in [-0.4, -0.2) is 37.4 Å². The van der Waals surface area contributed by atoms with Crippen LogP contribution in [0.3, 0.4) is 0 Å². The van der Waals surface area contributed by atoms with E-state index >= 15 is 0 Å². The number of hydrogen-bond donors (Lipinski definition) is 1. The first-order valence-corrected chi connectivity index (χ1v) is 7.18. The monoisotopic (exact) mass is 321 g/mol. The summed E-state index contributed by atoms with van der Waals surface area (Å²) in [7, 11) is 1.87. The van der Waals surface area contributed by atoms with Gasteiger partial charge in [-0.1, -0.05) is 6.07 Å². The molecular weight excluding hydrogens is 306 g/mol. The standard InChI is InChI=1S/C16H15N7O/c1-17-16(24)11-4-3-5-12(8-11)19-9-14-21-22-15(23(14)2)13-6-7-18-10-20-13/h3-8,10,19H,1,9H2,2H3. The Hall–Kier alpha value is -3.42. The molecule has 0 bridgehead atoms. The number of benzene rings is 1. The molecular formula is C16H15N7O. The predicted octanol–water partition coefficient (Wildman–Crippen LogP) is 1.72. The van der Waals surface area contributed by atoms with Crippen molar-refractivity contribution in [2.75, 3.05) is 5.32 Å². The van der Waals surface area contributed by atoms with Gasteiger partial charge in [-0.15, -0.1) is 10.2 Å². The highest BCUT2D eigenvalue weighted by atomic mass is 16.1. The van der Waals surface area contributed by atoms with Crippen molar-refractivity contribution in [3.05, 3.63) is 54.2 Å². The maximum Gasteiger partial charge on any atom is 0.276 e. The molecule has 0 fully saturated rings. The van der Waals surface area contributed by atoms with Gasteiger partial charge in [-0.3, -0.25) is 4.79 Å². The van der Waals surface area contributed by atoms with Crippen molar-refractivity contribution in [1.82, 2.24) is 24.7 Å². The van der Waals surface area contributed by atoms with Gasteiger partial charge in [0.2, 0.25) is 0 Å². The Labute approximate surface area is 138 Å². The van der Waals surface area contributed by atoms with Gasteiger partial charge in [0.05, 0.1) is 6.54 Å². The average molecular weight is 321 g/mol. The molecule has 1 aromatic carbocycles. The molecule has 0 spiro atoms. The first-order valence-electron chi connectivity index (χ1n) is 7.18. The molecule has 0 unspecified atom stereocenters. The fraction of sp³-hybridized carbons (Fsp3) is 0.125. The maximum absolute atomic E-state index is 11.6. The molecule has 3 rings (SSSR count). The number of nitrogens with one attached hydrogen (secondary N) is 1. The lowest BCUT2D eigenvalue weighted by atomic mass is 10.2. The molecule has 1 amide bonds. The fourth-order valence-corrected chi connectivity index (χ4v) is 2.20. The van der Waals surface area contributed by atoms with Crippen LogP contribution in [0.4, 0.5) is 5.69 Å². The molecule has 0 saturated carbocycles. The Bertz CT molecular complexity index is 873. The van der Waals surface area contributed by atoms with Gasteiger partial charge >= 0.3 is 0 Å². The molecule has 2 aromatic heterocycles. The van der Waals surface area contributed by atoms with Crippen LogP contribution in [0.5, 0.6) is 0 Å². The SMILES string of the molecule is C=NC(=O)c1cccc(NCc2nnc(-c3ccncn3)n2C)c1. The molecule has 24 heavy (non-hydrogen) atoms. The summed E-state index contributed by atoms with van der Waals surface area (Å²) >= 11 is 0. The minimum atomic E-state index is -0.358. The summed E-state index contributed by atoms with van der Waals surface area (Å²) in [5.41, 5.74) is 1.97. The highest BCUT2D eigenvalue weighted by Gasteiger charge is 2.11. The predicted molar refractivity (Wildman–Crippen MR) is 89.7 cm³/mol. The minimum absolute atomic E-state index is 0.358. The van der Waals surface area contributed by atoms with Gasteiger partial charge in [-0.2, -0.15) is 0 Å². The number of rotatable bonds is 5. The second-order valence-corrected chi connectivity index (χ2v) is 4.99. The second kappa shape index (κ2) is 6.78. The summed E-state index contributed by atoms with van der Waals surface area (Å²) in [5, 5.41) is 11.6. The third kappa shape index (κ3) is 3.17. The van der Waals surface area contributed by atoms with Crippen molar-refractivity contribution in [2.45, 2.75) is 6.54 Å². The first kappa shape index (κ1) is 15.5. The summed E-state index contributed by atoms with van der Waals surface area (Å²) in [4.78, 5) is 23.0. The zero-order valence-corrected chi connectivity index (χ0v) is 13.0. The van der Waals surface area contributed by atoms with Crippen molar-refractivity contribution in [3.63, 3.8) is 0 Å². The van der Waals surface area contributed by atoms with Gasteiger partial charge in [-0.25, -0.2) is 15.0 Å². The third-order valence-corrected chi connectivity index (χ3v) is 3.48. The van der Waals surface area contributed by atoms with E-state index < -0.39 is 0 Å². The van der Waals surface area contributed by atoms with Crippen LogP contribution < -0.4 is 5.32 Å². The Morgan fingerprint density at radius 1 is 1.33 bits per heavy atom. The molecule has 8 heteroatoms. The Morgan fingerprint density at radius 2 is 2.21 bits per heavy atom. The highest BCUT2D eigenvalue weighted by molar-refractivity contribution is 5.97. The lowest BCUT2D eigenvalue weighted by Gasteiger charge is -2.07. The number of nitrogens with zero attached hydrogens (tertiary/aromatic N) is 6. The van der Waals surface area contributed by atoms with E-state index in [2.05, 4.69) is 37.2 Å². The first-order chi connectivity index (χ1) is 11.7. The average Bonchev–Trinajstić information content (AvgIpc) is 3.01. The van der Waals surface area contributed by atoms with E-state index in [9.17, 15) is 4.79 Å². The number of carbonyl (C=O) groups is 1. The Morgan fingerprint density at radius 3 is 2.96 bits per heavy atom. The summed E-state index contributed by atoms with van der Waals surface area (Å²) < 4.78 is 1.86. The van der Waals surface area contributed by atoms with E-state index in [1.54, 1.807) is 30.5 Å². The lowest BCUT2D eigenvalue weighted by Crippen LogP contribution is -2.07. The van der Waals surface area contributed by atoms with E-state index in [-0.39, 0.29) is 5.91 Å². The zero-order chi connectivity index (χ0) is 16.9. The summed E-state index contributed by atoms with van der Waals surface area (Å²) in [6.07, 6.45) is 3.13. The lowest BCUT2D eigenvalue weighted by molar-refractivity contribution is 0.100. The zero-order valence-electron chi connectivity index (χ0n) is 13.0. The maximum atomic E-state index is 11.6. The van der Waals surface area contributed by atoms with Gasteiger partial charge in [0.1, 0.15) is 12.0 Å². The Kier molecular flexibility index (Phi) is 4.37. The molecule has 120 valence electrons. The second-order valence-electron chi connectivity index (χ2n) is 4.99. The molecule has 0 aliphatic rings. The number of carbonyl (C=O) groups excluding carboxylic acids is 1. The van der Waals surface area contributed by atoms with E-state index in [0.717, 1.165) is 11.5 Å². The molecule has 0 radical (unpaired) electrons. The van der Waals surface area contributed by atoms with Crippen LogP contribution in [0.15, 0.2) is 47.8 Å². The fourth-order valence-electron chi connectivity index (χ4n) is 2.20. The molecule has 1 N–H and O–H groups in total. The largest absolute Gasteiger partial charge is 0.378 e. The van der Waals surface area contributed by atoms with Gasteiger partial charge < -0.3 is 9.88 Å². The number of amides is 1. The number of aliphatic imine (C=N–C) groups is 1. The van der Waals surface area contributed by atoms with Gasteiger partial charge in [0, 0.05) is 24.5 Å². The van der Waals surface area contributed by atoms with Gasteiger partial charge in [0.25, 0.3) is 5.91 Å². The normalized spacial score (nSPS) is 10.4. The van der Waals surface area contributed by atoms with Crippen LogP contribution in [0, 0.1) is 0 Å². The van der Waals surface area contributed by atoms with E-state index in [1.165, 1.54) is 6.33 Å². The summed E-state index contributed by atoms with van der Waals surface area (Å²) in [6.45, 7) is 3.70. The minimum Gasteiger partial charge on any atom is -0.378 e. The van der Waals surface area contributed by atoms with Gasteiger partial charge in [0.15, 0.2) is 11.6 Å². The molecule has 0 atom stereocenters. The quantitative estimate of drug-likeness (QED) is 0.719. The van der Waals surface area contributed by atoms with Crippen molar-refractivity contribution < 1.29 is 4.79 Å². The van der Waals surface area contributed by atoms with E-state index in [1.807, 2.05) is 17.7 Å². The van der Waals surface area contributed by atoms with Crippen LogP contribution in [0.25, 0.3) is 11.5 Å². The van der Waals surface area contributed by atoms with Crippen LogP contribution in [0.2, 0.25) is 0 Å². The van der Waals surface area contributed by atoms with E-state index in [0.29, 0.717) is 23.6 Å². The molecule has 3 aromatic rings. The van der Waals surface area contributed by atoms with Crippen molar-refractivity contribution in [3.8, 4) is 11.5 Å². The van der Waals surface area contributed by atoms with Crippen LogP contribution >= 0.6 is 0 Å².